The van der Waals surface area contributed by atoms with Crippen molar-refractivity contribution in [2.75, 3.05) is 39.4 Å². The van der Waals surface area contributed by atoms with E-state index in [2.05, 4.69) is 37.2 Å². The van der Waals surface area contributed by atoms with Crippen LogP contribution in [0.2, 0.25) is 5.02 Å². The minimum Gasteiger partial charge on any atom is -0.379 e. The minimum atomic E-state index is -1.10. The number of morpholine rings is 1. The lowest BCUT2D eigenvalue weighted by atomic mass is 9.91. The Morgan fingerprint density at radius 1 is 1.14 bits per heavy atom. The zero-order valence-electron chi connectivity index (χ0n) is 24.7. The van der Waals surface area contributed by atoms with Gasteiger partial charge in [0.25, 0.3) is 0 Å². The van der Waals surface area contributed by atoms with E-state index in [1.54, 1.807) is 0 Å². The maximum Gasteiger partial charge on any atom is 0.239 e. The van der Waals surface area contributed by atoms with Crippen molar-refractivity contribution in [3.05, 3.63) is 99.1 Å². The van der Waals surface area contributed by atoms with Crippen LogP contribution in [0.4, 0.5) is 0 Å². The monoisotopic (exact) mass is 694 g/mol. The molecule has 0 aliphatic carbocycles. The molecule has 3 heterocycles. The fourth-order valence-corrected chi connectivity index (χ4v) is 8.24. The number of thioether (sulfide) groups is 1. The van der Waals surface area contributed by atoms with E-state index in [9.17, 15) is 9.59 Å². The fourth-order valence-electron chi connectivity index (χ4n) is 6.26. The molecule has 2 aliphatic rings. The van der Waals surface area contributed by atoms with Gasteiger partial charge in [-0.05, 0) is 61.9 Å². The molecule has 10 heteroatoms. The van der Waals surface area contributed by atoms with E-state index in [1.807, 2.05) is 78.7 Å². The molecule has 1 aromatic heterocycles. The van der Waals surface area contributed by atoms with Gasteiger partial charge < -0.3 is 19.9 Å². The molecule has 2 aliphatic heterocycles. The smallest absolute Gasteiger partial charge is 0.239 e. The highest BCUT2D eigenvalue weighted by Gasteiger charge is 2.58. The average Bonchev–Trinajstić information content (AvgIpc) is 3.54. The third-order valence-electron chi connectivity index (χ3n) is 8.44. The van der Waals surface area contributed by atoms with Crippen LogP contribution >= 0.6 is 39.3 Å². The predicted molar refractivity (Wildman–Crippen MR) is 180 cm³/mol. The Bertz CT molecular complexity index is 1640. The summed E-state index contributed by atoms with van der Waals surface area (Å²) in [4.78, 5) is 37.3. The molecule has 230 valence electrons. The number of rotatable bonds is 10. The molecule has 2 N–H and O–H groups in total. The number of aryl methyl sites for hydroxylation is 1. The van der Waals surface area contributed by atoms with Crippen LogP contribution in [-0.4, -0.2) is 70.7 Å². The largest absolute Gasteiger partial charge is 0.379 e. The van der Waals surface area contributed by atoms with Crippen molar-refractivity contribution >= 4 is 62.0 Å². The lowest BCUT2D eigenvalue weighted by Gasteiger charge is -2.36. The molecule has 0 saturated carbocycles. The Morgan fingerprint density at radius 3 is 2.70 bits per heavy atom. The Balaban J connectivity index is 1.39. The molecular formula is C34H36BrClN4O3S. The van der Waals surface area contributed by atoms with Crippen LogP contribution in [0.3, 0.4) is 0 Å². The number of aromatic amines is 1. The van der Waals surface area contributed by atoms with Gasteiger partial charge in [-0.15, -0.1) is 11.8 Å². The molecule has 6 rings (SSSR count). The summed E-state index contributed by atoms with van der Waals surface area (Å²) in [6, 6.07) is 21.4. The number of fused-ring (bicyclic) bond motifs is 1. The molecular weight excluding hydrogens is 660 g/mol. The van der Waals surface area contributed by atoms with Crippen LogP contribution in [0, 0.1) is 6.92 Å². The number of amides is 2. The quantitative estimate of drug-likeness (QED) is 0.180. The number of nitrogens with zero attached hydrogens (tertiary/aromatic N) is 2. The molecule has 0 spiro atoms. The van der Waals surface area contributed by atoms with Gasteiger partial charge in [-0.2, -0.15) is 0 Å². The summed E-state index contributed by atoms with van der Waals surface area (Å²) in [6.45, 7) is 7.17. The van der Waals surface area contributed by atoms with Crippen molar-refractivity contribution in [1.82, 2.24) is 20.1 Å². The van der Waals surface area contributed by atoms with Gasteiger partial charge in [-0.3, -0.25) is 14.5 Å². The summed E-state index contributed by atoms with van der Waals surface area (Å²) in [5, 5.41) is 4.84. The van der Waals surface area contributed by atoms with Crippen molar-refractivity contribution in [3.8, 4) is 0 Å². The highest BCUT2D eigenvalue weighted by Crippen LogP contribution is 2.54. The molecule has 44 heavy (non-hydrogen) atoms. The third-order valence-corrected chi connectivity index (χ3v) is 10.6. The Morgan fingerprint density at radius 2 is 1.93 bits per heavy atom. The number of H-pyrrole nitrogens is 1. The van der Waals surface area contributed by atoms with E-state index in [0.29, 0.717) is 18.1 Å². The van der Waals surface area contributed by atoms with Gasteiger partial charge in [0.05, 0.1) is 25.7 Å². The molecule has 2 fully saturated rings. The van der Waals surface area contributed by atoms with Crippen molar-refractivity contribution < 1.29 is 14.3 Å². The summed E-state index contributed by atoms with van der Waals surface area (Å²) in [7, 11) is 0. The van der Waals surface area contributed by atoms with Crippen molar-refractivity contribution in [1.29, 1.82) is 0 Å². The van der Waals surface area contributed by atoms with Crippen LogP contribution in [0.25, 0.3) is 10.9 Å². The van der Waals surface area contributed by atoms with E-state index in [0.717, 1.165) is 76.2 Å². The summed E-state index contributed by atoms with van der Waals surface area (Å²) >= 11 is 11.4. The average molecular weight is 696 g/mol. The molecule has 2 saturated heterocycles. The van der Waals surface area contributed by atoms with Gasteiger partial charge in [-0.1, -0.05) is 63.4 Å². The SMILES string of the molecule is Cc1cccc(SC2(C(=O)NCCCN3CCOCC3)CC(=O)N(Cc3ccc(Br)cc3)C2c2c[nH]c3cc(Cl)ccc23)c1. The number of carbonyl (C=O) groups excluding carboxylic acids is 2. The number of nitrogens with one attached hydrogen (secondary N) is 2. The van der Waals surface area contributed by atoms with Crippen LogP contribution in [0.1, 0.15) is 35.6 Å². The summed E-state index contributed by atoms with van der Waals surface area (Å²) < 4.78 is 5.35. The maximum atomic E-state index is 14.6. The van der Waals surface area contributed by atoms with Crippen molar-refractivity contribution in [2.24, 2.45) is 0 Å². The standard InChI is InChI=1S/C34H36BrClN4O3S/c1-23-4-2-5-27(18-23)44-34(33(42)37-12-3-13-39-14-16-43-17-15-39)20-31(41)40(22-24-6-8-25(35)9-7-24)32(34)29-21-38-30-19-26(36)10-11-28(29)30/h2,4-11,18-19,21,32,38H,3,12-17,20,22H2,1H3,(H,37,42). The normalized spacial score (nSPS) is 20.8. The first kappa shape index (κ1) is 31.2. The topological polar surface area (TPSA) is 77.7 Å². The third kappa shape index (κ3) is 6.72. The number of benzene rings is 3. The van der Waals surface area contributed by atoms with Gasteiger partial charge in [-0.25, -0.2) is 0 Å². The molecule has 0 bridgehead atoms. The Labute approximate surface area is 275 Å². The maximum absolute atomic E-state index is 14.6. The molecule has 4 aromatic rings. The lowest BCUT2D eigenvalue weighted by Crippen LogP contribution is -2.48. The van der Waals surface area contributed by atoms with Gasteiger partial charge in [0.2, 0.25) is 11.8 Å². The zero-order valence-corrected chi connectivity index (χ0v) is 27.8. The first-order chi connectivity index (χ1) is 21.3. The Hall–Kier alpha value is -2.82. The number of likely N-dealkylation sites (tertiary alicyclic amines) is 1. The first-order valence-corrected chi connectivity index (χ1v) is 17.0. The van der Waals surface area contributed by atoms with Gasteiger partial charge in [0.1, 0.15) is 4.75 Å². The van der Waals surface area contributed by atoms with Crippen LogP contribution < -0.4 is 5.32 Å². The number of halogens is 2. The number of hydrogen-bond donors (Lipinski definition) is 2. The molecule has 2 unspecified atom stereocenters. The summed E-state index contributed by atoms with van der Waals surface area (Å²) in [5.74, 6) is -0.171. The van der Waals surface area contributed by atoms with E-state index >= 15 is 0 Å². The molecule has 2 atom stereocenters. The Kier molecular flexibility index (Phi) is 9.68. The van der Waals surface area contributed by atoms with E-state index in [4.69, 9.17) is 16.3 Å². The van der Waals surface area contributed by atoms with Crippen LogP contribution in [0.5, 0.6) is 0 Å². The van der Waals surface area contributed by atoms with Gasteiger partial charge >= 0.3 is 0 Å². The number of ether oxygens (including phenoxy) is 1. The highest BCUT2D eigenvalue weighted by molar-refractivity contribution is 9.10. The van der Waals surface area contributed by atoms with Crippen molar-refractivity contribution in [3.63, 3.8) is 0 Å². The second-order valence-electron chi connectivity index (χ2n) is 11.5. The second kappa shape index (κ2) is 13.7. The highest BCUT2D eigenvalue weighted by atomic mass is 79.9. The molecule has 0 radical (unpaired) electrons. The molecule has 2 amide bonds. The van der Waals surface area contributed by atoms with Crippen LogP contribution in [-0.2, 0) is 20.9 Å². The van der Waals surface area contributed by atoms with Crippen molar-refractivity contribution in [2.45, 2.75) is 42.0 Å². The second-order valence-corrected chi connectivity index (χ2v) is 14.3. The minimum absolute atomic E-state index is 0.0511. The predicted octanol–water partition coefficient (Wildman–Crippen LogP) is 6.74. The van der Waals surface area contributed by atoms with E-state index in [1.165, 1.54) is 11.8 Å². The number of aromatic nitrogens is 1. The van der Waals surface area contributed by atoms with Gasteiger partial charge in [0, 0.05) is 63.2 Å². The van der Waals surface area contributed by atoms with E-state index < -0.39 is 10.8 Å². The lowest BCUT2D eigenvalue weighted by molar-refractivity contribution is -0.129. The molecule has 3 aromatic carbocycles. The van der Waals surface area contributed by atoms with E-state index in [-0.39, 0.29) is 18.2 Å². The number of carbonyl (C=O) groups is 2. The molecule has 7 nitrogen and oxygen atoms in total. The van der Waals surface area contributed by atoms with Crippen LogP contribution in [0.15, 0.2) is 82.3 Å². The summed E-state index contributed by atoms with van der Waals surface area (Å²) in [5.41, 5.74) is 3.88. The van der Waals surface area contributed by atoms with Gasteiger partial charge in [0.15, 0.2) is 0 Å². The fraction of sp³-hybridized carbons (Fsp3) is 0.353. The number of hydrogen-bond acceptors (Lipinski definition) is 5. The summed E-state index contributed by atoms with van der Waals surface area (Å²) in [6.07, 6.45) is 2.85. The zero-order chi connectivity index (χ0) is 30.7. The first-order valence-electron chi connectivity index (χ1n) is 15.0.